The molecule has 0 amide bonds. The number of hydrogen-bond donors (Lipinski definition) is 4. The second kappa shape index (κ2) is 7.03. The molecule has 4 rings (SSSR count). The molecule has 27 heavy (non-hydrogen) atoms. The monoisotopic (exact) mass is 387 g/mol. The zero-order valence-electron chi connectivity index (χ0n) is 14.6. The molecule has 2 heterocycles. The van der Waals surface area contributed by atoms with Crippen LogP contribution in [0.3, 0.4) is 0 Å². The molecule has 0 bridgehead atoms. The van der Waals surface area contributed by atoms with E-state index in [0.29, 0.717) is 23.5 Å². The Bertz CT molecular complexity index is 953. The van der Waals surface area contributed by atoms with Crippen LogP contribution in [-0.2, 0) is 0 Å². The molecule has 2 aromatic heterocycles. The van der Waals surface area contributed by atoms with Crippen molar-refractivity contribution >= 4 is 35.0 Å². The lowest BCUT2D eigenvalue weighted by Gasteiger charge is -2.16. The molecule has 1 saturated carbocycles. The van der Waals surface area contributed by atoms with Crippen molar-refractivity contribution in [2.45, 2.75) is 31.7 Å². The van der Waals surface area contributed by atoms with Gasteiger partial charge in [-0.05, 0) is 37.5 Å². The molecule has 1 aliphatic carbocycles. The molecule has 1 aromatic carbocycles. The lowest BCUT2D eigenvalue weighted by atomic mass is 10.1. The molecule has 1 atom stereocenters. The lowest BCUT2D eigenvalue weighted by molar-refractivity contribution is 0.626. The molecule has 0 unspecified atom stereocenters. The highest BCUT2D eigenvalue weighted by molar-refractivity contribution is 6.35. The number of benzene rings is 1. The van der Waals surface area contributed by atoms with Crippen molar-refractivity contribution in [3.63, 3.8) is 0 Å². The molecule has 140 valence electrons. The quantitative estimate of drug-likeness (QED) is 0.500. The number of rotatable bonds is 6. The van der Waals surface area contributed by atoms with E-state index in [0.717, 1.165) is 11.3 Å². The van der Waals surface area contributed by atoms with Crippen LogP contribution >= 0.6 is 11.6 Å². The number of H-pyrrole nitrogens is 1. The van der Waals surface area contributed by atoms with Gasteiger partial charge < -0.3 is 16.4 Å². The van der Waals surface area contributed by atoms with Gasteiger partial charge in [0.1, 0.15) is 16.7 Å². The average Bonchev–Trinajstić information content (AvgIpc) is 3.39. The van der Waals surface area contributed by atoms with Gasteiger partial charge in [0.05, 0.1) is 6.04 Å². The minimum atomic E-state index is -0.283. The fourth-order valence-corrected chi connectivity index (χ4v) is 2.90. The van der Waals surface area contributed by atoms with E-state index in [1.807, 2.05) is 13.0 Å². The van der Waals surface area contributed by atoms with Crippen molar-refractivity contribution in [1.29, 1.82) is 0 Å². The maximum absolute atomic E-state index is 13.1. The first-order chi connectivity index (χ1) is 13.0. The van der Waals surface area contributed by atoms with E-state index in [1.165, 1.54) is 25.0 Å². The van der Waals surface area contributed by atoms with Crippen molar-refractivity contribution in [3.8, 4) is 0 Å². The molecular formula is C18H19ClFN7. The van der Waals surface area contributed by atoms with Crippen LogP contribution in [0.2, 0.25) is 5.02 Å². The number of anilines is 4. The van der Waals surface area contributed by atoms with E-state index in [-0.39, 0.29) is 22.7 Å². The van der Waals surface area contributed by atoms with Gasteiger partial charge >= 0.3 is 0 Å². The number of nitrogen functional groups attached to an aromatic ring is 1. The molecule has 0 spiro atoms. The lowest BCUT2D eigenvalue weighted by Crippen LogP contribution is -2.12. The molecule has 9 heteroatoms. The summed E-state index contributed by atoms with van der Waals surface area (Å²) >= 11 is 6.25. The van der Waals surface area contributed by atoms with Gasteiger partial charge in [-0.3, -0.25) is 5.10 Å². The molecule has 5 N–H and O–H groups in total. The van der Waals surface area contributed by atoms with Crippen LogP contribution in [-0.4, -0.2) is 20.2 Å². The number of aromatic amines is 1. The van der Waals surface area contributed by atoms with Crippen LogP contribution in [0.15, 0.2) is 30.3 Å². The van der Waals surface area contributed by atoms with E-state index in [4.69, 9.17) is 17.3 Å². The van der Waals surface area contributed by atoms with E-state index in [9.17, 15) is 4.39 Å². The highest BCUT2D eigenvalue weighted by Crippen LogP contribution is 2.40. The fourth-order valence-electron chi connectivity index (χ4n) is 2.77. The summed E-state index contributed by atoms with van der Waals surface area (Å²) in [6, 6.07) is 8.02. The Morgan fingerprint density at radius 1 is 1.26 bits per heavy atom. The van der Waals surface area contributed by atoms with Crippen molar-refractivity contribution in [2.24, 2.45) is 0 Å². The third-order valence-corrected chi connectivity index (χ3v) is 4.83. The Morgan fingerprint density at radius 3 is 2.70 bits per heavy atom. The Kier molecular flexibility index (Phi) is 4.57. The topological polar surface area (TPSA) is 105 Å². The van der Waals surface area contributed by atoms with E-state index < -0.39 is 0 Å². The van der Waals surface area contributed by atoms with Crippen LogP contribution in [0.1, 0.15) is 43.0 Å². The normalized spacial score (nSPS) is 14.8. The van der Waals surface area contributed by atoms with Crippen LogP contribution in [0.5, 0.6) is 0 Å². The second-order valence-electron chi connectivity index (χ2n) is 6.62. The number of hydrogen-bond acceptors (Lipinski definition) is 6. The predicted molar refractivity (Wildman–Crippen MR) is 104 cm³/mol. The average molecular weight is 388 g/mol. The Balaban J connectivity index is 1.53. The Labute approximate surface area is 160 Å². The van der Waals surface area contributed by atoms with E-state index in [1.54, 1.807) is 12.1 Å². The van der Waals surface area contributed by atoms with Gasteiger partial charge in [-0.1, -0.05) is 23.7 Å². The molecule has 1 aliphatic rings. The summed E-state index contributed by atoms with van der Waals surface area (Å²) in [6.45, 7) is 1.92. The molecule has 0 aliphatic heterocycles. The van der Waals surface area contributed by atoms with E-state index >= 15 is 0 Å². The zero-order valence-corrected chi connectivity index (χ0v) is 15.4. The second-order valence-corrected chi connectivity index (χ2v) is 7.00. The van der Waals surface area contributed by atoms with Gasteiger partial charge in [-0.15, -0.1) is 0 Å². The number of halogens is 2. The first-order valence-corrected chi connectivity index (χ1v) is 9.04. The van der Waals surface area contributed by atoms with Crippen LogP contribution in [0, 0.1) is 5.82 Å². The molecule has 3 aromatic rings. The van der Waals surface area contributed by atoms with Crippen LogP contribution in [0.4, 0.5) is 27.8 Å². The SMILES string of the molecule is C[C@H](Nc1nc(N)c(Cl)c(Nc2cc(C3CC3)[nH]n2)n1)c1ccc(F)cc1. The minimum Gasteiger partial charge on any atom is -0.382 e. The number of nitrogens with zero attached hydrogens (tertiary/aromatic N) is 3. The van der Waals surface area contributed by atoms with Crippen LogP contribution < -0.4 is 16.4 Å². The molecule has 7 nitrogen and oxygen atoms in total. The van der Waals surface area contributed by atoms with Gasteiger partial charge in [0.25, 0.3) is 0 Å². The largest absolute Gasteiger partial charge is 0.382 e. The summed E-state index contributed by atoms with van der Waals surface area (Å²) in [5.74, 6) is 1.73. The van der Waals surface area contributed by atoms with Gasteiger partial charge in [0.15, 0.2) is 11.6 Å². The summed E-state index contributed by atoms with van der Waals surface area (Å²) in [5, 5.41) is 13.7. The highest BCUT2D eigenvalue weighted by Gasteiger charge is 2.25. The van der Waals surface area contributed by atoms with Gasteiger partial charge in [-0.25, -0.2) is 4.39 Å². The number of nitrogens with two attached hydrogens (primary N) is 1. The first kappa shape index (κ1) is 17.5. The molecule has 1 fully saturated rings. The number of aromatic nitrogens is 4. The Hall–Kier alpha value is -2.87. The summed E-state index contributed by atoms with van der Waals surface area (Å²) < 4.78 is 13.1. The third-order valence-electron chi connectivity index (χ3n) is 4.45. The fraction of sp³-hybridized carbons (Fsp3) is 0.278. The van der Waals surface area contributed by atoms with Crippen LogP contribution in [0.25, 0.3) is 0 Å². The maximum atomic E-state index is 13.1. The predicted octanol–water partition coefficient (Wildman–Crippen LogP) is 4.37. The summed E-state index contributed by atoms with van der Waals surface area (Å²) in [7, 11) is 0. The smallest absolute Gasteiger partial charge is 0.227 e. The summed E-state index contributed by atoms with van der Waals surface area (Å²) in [5.41, 5.74) is 7.92. The minimum absolute atomic E-state index is 0.147. The van der Waals surface area contributed by atoms with Crippen molar-refractivity contribution in [1.82, 2.24) is 20.2 Å². The van der Waals surface area contributed by atoms with Gasteiger partial charge in [0.2, 0.25) is 5.95 Å². The highest BCUT2D eigenvalue weighted by atomic mass is 35.5. The summed E-state index contributed by atoms with van der Waals surface area (Å²) in [4.78, 5) is 8.59. The maximum Gasteiger partial charge on any atom is 0.227 e. The van der Waals surface area contributed by atoms with Crippen molar-refractivity contribution in [3.05, 3.63) is 52.4 Å². The molecule has 0 radical (unpaired) electrons. The first-order valence-electron chi connectivity index (χ1n) is 8.67. The standard InChI is InChI=1S/C18H19ClFN7/c1-9(10-4-6-12(20)7-5-10)22-18-24-16(21)15(19)17(25-18)23-14-8-13(26-27-14)11-2-3-11/h4-9,11H,2-3H2,1H3,(H5,21,22,23,24,25,26,27)/t9-/m0/s1. The van der Waals surface area contributed by atoms with Crippen molar-refractivity contribution < 1.29 is 4.39 Å². The molecule has 0 saturated heterocycles. The van der Waals surface area contributed by atoms with Gasteiger partial charge in [-0.2, -0.15) is 15.1 Å². The Morgan fingerprint density at radius 2 is 2.00 bits per heavy atom. The molecular weight excluding hydrogens is 369 g/mol. The third kappa shape index (κ3) is 3.95. The number of nitrogens with one attached hydrogen (secondary N) is 3. The van der Waals surface area contributed by atoms with Gasteiger partial charge in [0, 0.05) is 17.7 Å². The van der Waals surface area contributed by atoms with Crippen molar-refractivity contribution in [2.75, 3.05) is 16.4 Å². The van der Waals surface area contributed by atoms with E-state index in [2.05, 4.69) is 30.8 Å². The summed E-state index contributed by atoms with van der Waals surface area (Å²) in [6.07, 6.45) is 2.36. The zero-order chi connectivity index (χ0) is 19.0.